The molecule has 4 nitrogen and oxygen atoms in total. The lowest BCUT2D eigenvalue weighted by atomic mass is 9.98. The molecule has 34 heavy (non-hydrogen) atoms. The fourth-order valence-corrected chi connectivity index (χ4v) is 3.59. The van der Waals surface area contributed by atoms with Crippen molar-refractivity contribution in [3.63, 3.8) is 0 Å². The number of aromatic nitrogens is 2. The number of halogens is 5. The van der Waals surface area contributed by atoms with Crippen LogP contribution in [-0.2, 0) is 6.18 Å². The Bertz CT molecular complexity index is 1420. The highest BCUT2D eigenvalue weighted by molar-refractivity contribution is 6.30. The third-order valence-corrected chi connectivity index (χ3v) is 5.38. The molecular formula is C25H15ClF4N2O2. The van der Waals surface area contributed by atoms with E-state index in [1.54, 1.807) is 37.3 Å². The summed E-state index contributed by atoms with van der Waals surface area (Å²) in [5.74, 6) is -2.17. The van der Waals surface area contributed by atoms with Crippen molar-refractivity contribution in [1.82, 2.24) is 9.97 Å². The number of rotatable bonds is 4. The summed E-state index contributed by atoms with van der Waals surface area (Å²) in [6.07, 6.45) is -4.79. The second-order valence-electron chi connectivity index (χ2n) is 7.50. The minimum absolute atomic E-state index is 0.0955. The van der Waals surface area contributed by atoms with Crippen LogP contribution in [0.5, 0.6) is 0 Å². The van der Waals surface area contributed by atoms with Crippen LogP contribution in [0.25, 0.3) is 33.8 Å². The molecule has 0 aliphatic rings. The van der Waals surface area contributed by atoms with Crippen LogP contribution < -0.4 is 0 Å². The van der Waals surface area contributed by atoms with Gasteiger partial charge in [-0.3, -0.25) is 0 Å². The molecule has 0 radical (unpaired) electrons. The molecule has 1 aromatic heterocycles. The summed E-state index contributed by atoms with van der Waals surface area (Å²) < 4.78 is 55.2. The first-order valence-corrected chi connectivity index (χ1v) is 10.3. The average Bonchev–Trinajstić information content (AvgIpc) is 2.78. The van der Waals surface area contributed by atoms with Gasteiger partial charge >= 0.3 is 12.1 Å². The van der Waals surface area contributed by atoms with Gasteiger partial charge in [-0.15, -0.1) is 0 Å². The van der Waals surface area contributed by atoms with Crippen molar-refractivity contribution in [2.75, 3.05) is 0 Å². The quantitative estimate of drug-likeness (QED) is 0.307. The Morgan fingerprint density at radius 1 is 0.912 bits per heavy atom. The van der Waals surface area contributed by atoms with Gasteiger partial charge in [0.25, 0.3) is 0 Å². The fourth-order valence-electron chi connectivity index (χ4n) is 3.43. The molecule has 0 spiro atoms. The van der Waals surface area contributed by atoms with Crippen molar-refractivity contribution in [3.05, 3.63) is 94.4 Å². The summed E-state index contributed by atoms with van der Waals surface area (Å²) in [5, 5.41) is 9.48. The first-order chi connectivity index (χ1) is 16.0. The molecule has 172 valence electrons. The standard InChI is InChI=1S/C25H15ClF4N2O2/c1-13-5-6-15(10-19(13)24(33)34)14-3-2-4-16(9-14)23-31-21(12-22(32-23)25(28,29)30)18-8-7-17(26)11-20(18)27/h2-12H,1H3,(H,33,34). The van der Waals surface area contributed by atoms with E-state index in [0.717, 1.165) is 6.07 Å². The van der Waals surface area contributed by atoms with Gasteiger partial charge in [-0.2, -0.15) is 13.2 Å². The first-order valence-electron chi connectivity index (χ1n) is 9.89. The Hall–Kier alpha value is -3.78. The molecule has 3 aromatic carbocycles. The highest BCUT2D eigenvalue weighted by atomic mass is 35.5. The Morgan fingerprint density at radius 2 is 1.62 bits per heavy atom. The number of hydrogen-bond donors (Lipinski definition) is 1. The maximum Gasteiger partial charge on any atom is 0.433 e. The van der Waals surface area contributed by atoms with Crippen molar-refractivity contribution in [1.29, 1.82) is 0 Å². The number of carboxylic acid groups (broad SMARTS) is 1. The zero-order valence-corrected chi connectivity index (χ0v) is 18.2. The lowest BCUT2D eigenvalue weighted by molar-refractivity contribution is -0.141. The molecule has 1 N–H and O–H groups in total. The first kappa shape index (κ1) is 23.4. The second kappa shape index (κ2) is 8.87. The molecule has 0 bridgehead atoms. The maximum absolute atomic E-state index is 14.4. The Labute approximate surface area is 196 Å². The number of benzene rings is 3. The topological polar surface area (TPSA) is 63.1 Å². The number of nitrogens with zero attached hydrogens (tertiary/aromatic N) is 2. The third-order valence-electron chi connectivity index (χ3n) is 5.15. The molecule has 0 aliphatic heterocycles. The molecule has 1 heterocycles. The smallest absolute Gasteiger partial charge is 0.433 e. The van der Waals surface area contributed by atoms with Crippen molar-refractivity contribution in [2.24, 2.45) is 0 Å². The van der Waals surface area contributed by atoms with E-state index >= 15 is 0 Å². The van der Waals surface area contributed by atoms with E-state index in [9.17, 15) is 27.5 Å². The van der Waals surface area contributed by atoms with Gasteiger partial charge in [0, 0.05) is 16.1 Å². The molecule has 0 saturated carbocycles. The van der Waals surface area contributed by atoms with Crippen LogP contribution in [0.2, 0.25) is 5.02 Å². The number of aryl methyl sites for hydroxylation is 1. The molecular weight excluding hydrogens is 472 g/mol. The average molecular weight is 487 g/mol. The lowest BCUT2D eigenvalue weighted by Gasteiger charge is -2.12. The highest BCUT2D eigenvalue weighted by Gasteiger charge is 2.34. The van der Waals surface area contributed by atoms with E-state index in [4.69, 9.17) is 11.6 Å². The summed E-state index contributed by atoms with van der Waals surface area (Å²) in [6, 6.07) is 15.5. The van der Waals surface area contributed by atoms with E-state index in [0.29, 0.717) is 22.8 Å². The minimum Gasteiger partial charge on any atom is -0.478 e. The van der Waals surface area contributed by atoms with Crippen molar-refractivity contribution in [3.8, 4) is 33.8 Å². The second-order valence-corrected chi connectivity index (χ2v) is 7.94. The molecule has 0 unspecified atom stereocenters. The van der Waals surface area contributed by atoms with Crippen LogP contribution in [0.1, 0.15) is 21.6 Å². The van der Waals surface area contributed by atoms with Crippen LogP contribution in [0.4, 0.5) is 17.6 Å². The Morgan fingerprint density at radius 3 is 2.29 bits per heavy atom. The molecule has 0 fully saturated rings. The number of hydrogen-bond acceptors (Lipinski definition) is 3. The van der Waals surface area contributed by atoms with Gasteiger partial charge in [0.05, 0.1) is 11.3 Å². The van der Waals surface area contributed by atoms with E-state index in [1.807, 2.05) is 0 Å². The number of carbonyl (C=O) groups is 1. The van der Waals surface area contributed by atoms with Crippen molar-refractivity contribution < 1.29 is 27.5 Å². The largest absolute Gasteiger partial charge is 0.478 e. The Kier molecular flexibility index (Phi) is 6.10. The van der Waals surface area contributed by atoms with E-state index < -0.39 is 23.7 Å². The van der Waals surface area contributed by atoms with Crippen LogP contribution in [0.3, 0.4) is 0 Å². The monoisotopic (exact) mass is 486 g/mol. The van der Waals surface area contributed by atoms with Gasteiger partial charge < -0.3 is 5.11 Å². The number of aromatic carboxylic acids is 1. The molecule has 9 heteroatoms. The zero-order valence-electron chi connectivity index (χ0n) is 17.5. The summed E-state index contributed by atoms with van der Waals surface area (Å²) >= 11 is 5.76. The fraction of sp³-hybridized carbons (Fsp3) is 0.0800. The molecule has 0 saturated heterocycles. The molecule has 4 aromatic rings. The van der Waals surface area contributed by atoms with Crippen molar-refractivity contribution in [2.45, 2.75) is 13.1 Å². The minimum atomic E-state index is -4.79. The lowest BCUT2D eigenvalue weighted by Crippen LogP contribution is -2.10. The van der Waals surface area contributed by atoms with Crippen molar-refractivity contribution >= 4 is 17.6 Å². The van der Waals surface area contributed by atoms with Gasteiger partial charge in [0.15, 0.2) is 5.82 Å². The molecule has 0 atom stereocenters. The van der Waals surface area contributed by atoms with Gasteiger partial charge in [-0.05, 0) is 60.0 Å². The summed E-state index contributed by atoms with van der Waals surface area (Å²) in [7, 11) is 0. The SMILES string of the molecule is Cc1ccc(-c2cccc(-c3nc(-c4ccc(Cl)cc4F)cc(C(F)(F)F)n3)c2)cc1C(=O)O. The summed E-state index contributed by atoms with van der Waals surface area (Å²) in [4.78, 5) is 19.3. The van der Waals surface area contributed by atoms with E-state index in [2.05, 4.69) is 9.97 Å². The van der Waals surface area contributed by atoms with E-state index in [-0.39, 0.29) is 33.2 Å². The third kappa shape index (κ3) is 4.77. The zero-order chi connectivity index (χ0) is 24.6. The van der Waals surface area contributed by atoms with Crippen LogP contribution in [-0.4, -0.2) is 21.0 Å². The van der Waals surface area contributed by atoms with Gasteiger partial charge in [-0.25, -0.2) is 19.2 Å². The highest BCUT2D eigenvalue weighted by Crippen LogP contribution is 2.34. The summed E-state index contributed by atoms with van der Waals surface area (Å²) in [5.41, 5.74) is 0.412. The summed E-state index contributed by atoms with van der Waals surface area (Å²) in [6.45, 7) is 1.66. The normalized spacial score (nSPS) is 11.5. The van der Waals surface area contributed by atoms with Crippen LogP contribution in [0, 0.1) is 12.7 Å². The van der Waals surface area contributed by atoms with Crippen LogP contribution in [0.15, 0.2) is 66.7 Å². The predicted molar refractivity (Wildman–Crippen MR) is 120 cm³/mol. The van der Waals surface area contributed by atoms with Gasteiger partial charge in [0.1, 0.15) is 11.5 Å². The maximum atomic E-state index is 14.4. The number of carboxylic acids is 1. The van der Waals surface area contributed by atoms with Gasteiger partial charge in [0.2, 0.25) is 0 Å². The molecule has 0 aliphatic carbocycles. The predicted octanol–water partition coefficient (Wildman–Crippen LogP) is 7.30. The van der Waals surface area contributed by atoms with E-state index in [1.165, 1.54) is 24.3 Å². The Balaban J connectivity index is 1.87. The van der Waals surface area contributed by atoms with Crippen LogP contribution >= 0.6 is 11.6 Å². The van der Waals surface area contributed by atoms with Gasteiger partial charge in [-0.1, -0.05) is 41.9 Å². The molecule has 0 amide bonds. The molecule has 4 rings (SSSR count). The number of alkyl halides is 3.